The Bertz CT molecular complexity index is 462. The molecule has 1 aromatic rings. The normalized spacial score (nSPS) is 11.8. The molecule has 0 aliphatic carbocycles. The fraction of sp³-hybridized carbons (Fsp3) is 0.364. The van der Waals surface area contributed by atoms with E-state index in [1.807, 2.05) is 0 Å². The van der Waals surface area contributed by atoms with Gasteiger partial charge in [-0.1, -0.05) is 23.2 Å². The van der Waals surface area contributed by atoms with Gasteiger partial charge in [-0.3, -0.25) is 9.59 Å². The van der Waals surface area contributed by atoms with Crippen molar-refractivity contribution in [3.63, 3.8) is 0 Å². The van der Waals surface area contributed by atoms with E-state index in [0.29, 0.717) is 5.56 Å². The predicted molar refractivity (Wildman–Crippen MR) is 70.7 cm³/mol. The molecule has 6 nitrogen and oxygen atoms in total. The van der Waals surface area contributed by atoms with E-state index in [4.69, 9.17) is 33.7 Å². The lowest BCUT2D eigenvalue weighted by Gasteiger charge is -2.12. The molecule has 1 atom stereocenters. The van der Waals surface area contributed by atoms with Crippen molar-refractivity contribution in [1.82, 2.24) is 10.3 Å². The number of ether oxygens (including phenoxy) is 1. The highest BCUT2D eigenvalue weighted by Crippen LogP contribution is 2.15. The molecule has 19 heavy (non-hydrogen) atoms. The van der Waals surface area contributed by atoms with Crippen LogP contribution in [0.25, 0.3) is 0 Å². The average Bonchev–Trinajstić information content (AvgIpc) is 2.31. The van der Waals surface area contributed by atoms with Gasteiger partial charge in [0.05, 0.1) is 0 Å². The number of pyridine rings is 1. The van der Waals surface area contributed by atoms with Crippen molar-refractivity contribution in [1.29, 1.82) is 0 Å². The third-order valence-electron chi connectivity index (χ3n) is 2.08. The highest BCUT2D eigenvalue weighted by Gasteiger charge is 2.15. The second-order valence-electron chi connectivity index (χ2n) is 3.77. The Kier molecular flexibility index (Phi) is 6.01. The number of rotatable bonds is 5. The van der Waals surface area contributed by atoms with E-state index in [1.54, 1.807) is 0 Å². The van der Waals surface area contributed by atoms with Gasteiger partial charge in [0.25, 0.3) is 0 Å². The third-order valence-corrected chi connectivity index (χ3v) is 2.46. The molecule has 1 aromatic heterocycles. The summed E-state index contributed by atoms with van der Waals surface area (Å²) >= 11 is 11.4. The molecule has 0 fully saturated rings. The molecule has 0 saturated heterocycles. The molecule has 0 unspecified atom stereocenters. The number of hydrogen-bond donors (Lipinski definition) is 2. The maximum absolute atomic E-state index is 11.5. The van der Waals surface area contributed by atoms with E-state index in [0.717, 1.165) is 0 Å². The van der Waals surface area contributed by atoms with Crippen LogP contribution in [0.3, 0.4) is 0 Å². The molecular formula is C11H13Cl2N3O3. The topological polar surface area (TPSA) is 94.3 Å². The van der Waals surface area contributed by atoms with Crippen LogP contribution in [0.5, 0.6) is 0 Å². The zero-order valence-corrected chi connectivity index (χ0v) is 11.7. The summed E-state index contributed by atoms with van der Waals surface area (Å²) in [6.07, 6.45) is 0. The summed E-state index contributed by atoms with van der Waals surface area (Å²) in [6.45, 7) is 1.33. The summed E-state index contributed by atoms with van der Waals surface area (Å²) in [5.41, 5.74) is 6.14. The molecule has 0 radical (unpaired) electrons. The molecule has 0 saturated carbocycles. The van der Waals surface area contributed by atoms with Gasteiger partial charge < -0.3 is 15.8 Å². The second-order valence-corrected chi connectivity index (χ2v) is 4.55. The molecule has 0 aromatic carbocycles. The molecular weight excluding hydrogens is 293 g/mol. The third kappa shape index (κ3) is 5.87. The minimum atomic E-state index is -0.920. The summed E-state index contributed by atoms with van der Waals surface area (Å²) in [5, 5.41) is 2.84. The molecule has 104 valence electrons. The van der Waals surface area contributed by atoms with Gasteiger partial charge >= 0.3 is 5.97 Å². The van der Waals surface area contributed by atoms with Gasteiger partial charge in [0.1, 0.15) is 23.0 Å². The summed E-state index contributed by atoms with van der Waals surface area (Å²) in [7, 11) is 0. The Balaban J connectivity index is 2.47. The molecule has 0 aliphatic rings. The number of nitrogens with zero attached hydrogens (tertiary/aromatic N) is 1. The molecule has 3 N–H and O–H groups in total. The molecule has 0 spiro atoms. The van der Waals surface area contributed by atoms with Gasteiger partial charge in [-0.2, -0.15) is 0 Å². The first-order valence-corrected chi connectivity index (χ1v) is 6.12. The quantitative estimate of drug-likeness (QED) is 0.622. The summed E-state index contributed by atoms with van der Waals surface area (Å²) < 4.78 is 4.97. The van der Waals surface area contributed by atoms with Gasteiger partial charge in [-0.25, -0.2) is 4.98 Å². The van der Waals surface area contributed by atoms with Crippen LogP contribution in [0.1, 0.15) is 12.5 Å². The number of halogens is 2. The van der Waals surface area contributed by atoms with Crippen molar-refractivity contribution >= 4 is 35.1 Å². The van der Waals surface area contributed by atoms with Crippen LogP contribution >= 0.6 is 23.2 Å². The van der Waals surface area contributed by atoms with Gasteiger partial charge in [0, 0.05) is 13.5 Å². The summed E-state index contributed by atoms with van der Waals surface area (Å²) in [4.78, 5) is 26.0. The Morgan fingerprint density at radius 3 is 2.53 bits per heavy atom. The minimum Gasteiger partial charge on any atom is -0.460 e. The van der Waals surface area contributed by atoms with E-state index in [1.165, 1.54) is 19.1 Å². The van der Waals surface area contributed by atoms with Crippen molar-refractivity contribution in [2.24, 2.45) is 5.73 Å². The van der Waals surface area contributed by atoms with E-state index in [-0.39, 0.29) is 29.4 Å². The van der Waals surface area contributed by atoms with Crippen LogP contribution in [0.2, 0.25) is 10.3 Å². The minimum absolute atomic E-state index is 0.0193. The van der Waals surface area contributed by atoms with Crippen molar-refractivity contribution in [3.05, 3.63) is 28.0 Å². The SMILES string of the molecule is CC(=O)NC[C@H](N)C(=O)OCc1cc(Cl)nc(Cl)c1. The smallest absolute Gasteiger partial charge is 0.325 e. The number of carbonyl (C=O) groups is 2. The van der Waals surface area contributed by atoms with Crippen molar-refractivity contribution in [3.8, 4) is 0 Å². The van der Waals surface area contributed by atoms with Gasteiger partial charge in [-0.15, -0.1) is 0 Å². The molecule has 1 amide bonds. The zero-order chi connectivity index (χ0) is 14.4. The number of aromatic nitrogens is 1. The first-order chi connectivity index (χ1) is 8.88. The summed E-state index contributed by atoms with van der Waals surface area (Å²) in [5.74, 6) is -0.895. The van der Waals surface area contributed by atoms with Gasteiger partial charge in [0.15, 0.2) is 0 Å². The predicted octanol–water partition coefficient (Wildman–Crippen LogP) is 0.895. The first kappa shape index (κ1) is 15.7. The van der Waals surface area contributed by atoms with Crippen LogP contribution in [-0.2, 0) is 20.9 Å². The fourth-order valence-corrected chi connectivity index (χ4v) is 1.70. The lowest BCUT2D eigenvalue weighted by molar-refractivity contribution is -0.146. The Morgan fingerprint density at radius 2 is 2.00 bits per heavy atom. The van der Waals surface area contributed by atoms with E-state index >= 15 is 0 Å². The van der Waals surface area contributed by atoms with Crippen LogP contribution in [0.4, 0.5) is 0 Å². The van der Waals surface area contributed by atoms with Gasteiger partial charge in [-0.05, 0) is 17.7 Å². The lowest BCUT2D eigenvalue weighted by atomic mass is 10.3. The first-order valence-electron chi connectivity index (χ1n) is 5.37. The number of amides is 1. The van der Waals surface area contributed by atoms with E-state index in [2.05, 4.69) is 10.3 Å². The van der Waals surface area contributed by atoms with Crippen molar-refractivity contribution in [2.45, 2.75) is 19.6 Å². The van der Waals surface area contributed by atoms with E-state index in [9.17, 15) is 9.59 Å². The Labute approximate surface area is 120 Å². The number of carbonyl (C=O) groups excluding carboxylic acids is 2. The largest absolute Gasteiger partial charge is 0.460 e. The number of esters is 1. The zero-order valence-electron chi connectivity index (χ0n) is 10.2. The monoisotopic (exact) mass is 305 g/mol. The molecule has 1 rings (SSSR count). The number of nitrogens with two attached hydrogens (primary N) is 1. The molecule has 8 heteroatoms. The standard InChI is InChI=1S/C11H13Cl2N3O3/c1-6(17)15-4-8(14)11(18)19-5-7-2-9(12)16-10(13)3-7/h2-3,8H,4-5,14H2,1H3,(H,15,17)/t8-/m0/s1. The van der Waals surface area contributed by atoms with E-state index < -0.39 is 12.0 Å². The van der Waals surface area contributed by atoms with Gasteiger partial charge in [0.2, 0.25) is 5.91 Å². The number of hydrogen-bond acceptors (Lipinski definition) is 5. The van der Waals surface area contributed by atoms with Crippen molar-refractivity contribution in [2.75, 3.05) is 6.54 Å². The number of nitrogens with one attached hydrogen (secondary N) is 1. The maximum Gasteiger partial charge on any atom is 0.325 e. The maximum atomic E-state index is 11.5. The highest BCUT2D eigenvalue weighted by atomic mass is 35.5. The second kappa shape index (κ2) is 7.28. The van der Waals surface area contributed by atoms with Crippen LogP contribution in [0.15, 0.2) is 12.1 Å². The molecule has 0 aliphatic heterocycles. The Hall–Kier alpha value is -1.37. The molecule has 1 heterocycles. The van der Waals surface area contributed by atoms with Crippen molar-refractivity contribution < 1.29 is 14.3 Å². The Morgan fingerprint density at radius 1 is 1.42 bits per heavy atom. The fourth-order valence-electron chi connectivity index (χ4n) is 1.20. The highest BCUT2D eigenvalue weighted by molar-refractivity contribution is 6.32. The van der Waals surface area contributed by atoms with Crippen LogP contribution in [0, 0.1) is 0 Å². The average molecular weight is 306 g/mol. The van der Waals surface area contributed by atoms with Crippen LogP contribution < -0.4 is 11.1 Å². The molecule has 0 bridgehead atoms. The lowest BCUT2D eigenvalue weighted by Crippen LogP contribution is -2.42. The van der Waals surface area contributed by atoms with Crippen LogP contribution in [-0.4, -0.2) is 29.4 Å². The summed E-state index contributed by atoms with van der Waals surface area (Å²) in [6, 6.07) is 2.14.